The van der Waals surface area contributed by atoms with Gasteiger partial charge in [0.2, 0.25) is 5.91 Å². The lowest BCUT2D eigenvalue weighted by atomic mass is 10.1. The SMILES string of the molecule is Cc1cc(C)c2sc(N(Cc3ccccn3)C(=O)CCCS(=O)(=O)c3ccccc3)nc2c1. The maximum absolute atomic E-state index is 13.3. The average Bonchev–Trinajstić information content (AvgIpc) is 3.22. The molecule has 0 atom stereocenters. The van der Waals surface area contributed by atoms with Crippen LogP contribution in [-0.4, -0.2) is 30.0 Å². The molecular formula is C25H25N3O3S2. The van der Waals surface area contributed by atoms with Crippen LogP contribution in [0.4, 0.5) is 5.13 Å². The normalized spacial score (nSPS) is 11.6. The summed E-state index contributed by atoms with van der Waals surface area (Å²) in [6, 6.07) is 18.0. The zero-order chi connectivity index (χ0) is 23.4. The van der Waals surface area contributed by atoms with Gasteiger partial charge in [0.15, 0.2) is 15.0 Å². The number of carbonyl (C=O) groups excluding carboxylic acids is 1. The zero-order valence-corrected chi connectivity index (χ0v) is 20.2. The van der Waals surface area contributed by atoms with Gasteiger partial charge in [-0.15, -0.1) is 0 Å². The molecule has 0 N–H and O–H groups in total. The second-order valence-electron chi connectivity index (χ2n) is 7.96. The van der Waals surface area contributed by atoms with E-state index in [9.17, 15) is 13.2 Å². The average molecular weight is 480 g/mol. The molecule has 6 nitrogen and oxygen atoms in total. The molecule has 0 bridgehead atoms. The van der Waals surface area contributed by atoms with Gasteiger partial charge < -0.3 is 0 Å². The Morgan fingerprint density at radius 1 is 1.03 bits per heavy atom. The van der Waals surface area contributed by atoms with Crippen LogP contribution >= 0.6 is 11.3 Å². The van der Waals surface area contributed by atoms with Gasteiger partial charge in [0, 0.05) is 12.6 Å². The summed E-state index contributed by atoms with van der Waals surface area (Å²) in [6.45, 7) is 4.34. The maximum Gasteiger partial charge on any atom is 0.229 e. The number of aromatic nitrogens is 2. The van der Waals surface area contributed by atoms with E-state index in [2.05, 4.69) is 11.1 Å². The number of carbonyl (C=O) groups is 1. The smallest absolute Gasteiger partial charge is 0.229 e. The van der Waals surface area contributed by atoms with Gasteiger partial charge >= 0.3 is 0 Å². The quantitative estimate of drug-likeness (QED) is 0.351. The molecule has 0 unspecified atom stereocenters. The van der Waals surface area contributed by atoms with E-state index in [0.717, 1.165) is 27.0 Å². The van der Waals surface area contributed by atoms with Gasteiger partial charge in [0.1, 0.15) is 0 Å². The predicted octanol–water partition coefficient (Wildman–Crippen LogP) is 5.10. The summed E-state index contributed by atoms with van der Waals surface area (Å²) in [7, 11) is -3.43. The van der Waals surface area contributed by atoms with Crippen LogP contribution < -0.4 is 4.90 Å². The second-order valence-corrected chi connectivity index (χ2v) is 11.0. The number of aryl methyl sites for hydroxylation is 2. The third-order valence-corrected chi connectivity index (χ3v) is 8.34. The largest absolute Gasteiger partial charge is 0.282 e. The fourth-order valence-corrected chi connectivity index (χ4v) is 6.05. The summed E-state index contributed by atoms with van der Waals surface area (Å²) in [4.78, 5) is 24.3. The molecule has 0 spiro atoms. The summed E-state index contributed by atoms with van der Waals surface area (Å²) in [5, 5.41) is 0.597. The Morgan fingerprint density at radius 3 is 2.52 bits per heavy atom. The number of rotatable bonds is 8. The van der Waals surface area contributed by atoms with E-state index in [-0.39, 0.29) is 35.9 Å². The van der Waals surface area contributed by atoms with Crippen LogP contribution in [0.2, 0.25) is 0 Å². The van der Waals surface area contributed by atoms with E-state index in [1.54, 1.807) is 41.4 Å². The molecule has 0 saturated heterocycles. The first-order valence-corrected chi connectivity index (χ1v) is 13.2. The molecule has 0 aliphatic rings. The van der Waals surface area contributed by atoms with Crippen LogP contribution in [0.15, 0.2) is 71.8 Å². The molecule has 0 radical (unpaired) electrons. The van der Waals surface area contributed by atoms with Gasteiger partial charge in [-0.3, -0.25) is 14.7 Å². The van der Waals surface area contributed by atoms with Crippen molar-refractivity contribution < 1.29 is 13.2 Å². The minimum absolute atomic E-state index is 0.0850. The second kappa shape index (κ2) is 9.80. The molecule has 4 aromatic rings. The number of sulfone groups is 1. The number of fused-ring (bicyclic) bond motifs is 1. The van der Waals surface area contributed by atoms with Crippen LogP contribution in [0.5, 0.6) is 0 Å². The van der Waals surface area contributed by atoms with Crippen LogP contribution in [0, 0.1) is 13.8 Å². The Bertz CT molecular complexity index is 1370. The third kappa shape index (κ3) is 5.46. The van der Waals surface area contributed by atoms with E-state index in [4.69, 9.17) is 4.98 Å². The highest BCUT2D eigenvalue weighted by Gasteiger charge is 2.22. The minimum Gasteiger partial charge on any atom is -0.282 e. The molecule has 170 valence electrons. The number of amides is 1. The van der Waals surface area contributed by atoms with Crippen molar-refractivity contribution in [1.82, 2.24) is 9.97 Å². The summed E-state index contributed by atoms with van der Waals surface area (Å²) in [6.07, 6.45) is 2.03. The van der Waals surface area contributed by atoms with E-state index in [1.165, 1.54) is 11.3 Å². The molecule has 0 fully saturated rings. The van der Waals surface area contributed by atoms with E-state index >= 15 is 0 Å². The van der Waals surface area contributed by atoms with Gasteiger partial charge in [0.05, 0.1) is 33.1 Å². The first kappa shape index (κ1) is 23.1. The lowest BCUT2D eigenvalue weighted by Crippen LogP contribution is -2.30. The van der Waals surface area contributed by atoms with Crippen LogP contribution in [0.25, 0.3) is 10.2 Å². The van der Waals surface area contributed by atoms with Crippen molar-refractivity contribution in [3.05, 3.63) is 83.7 Å². The number of hydrogen-bond acceptors (Lipinski definition) is 6. The van der Waals surface area contributed by atoms with Crippen molar-refractivity contribution in [3.8, 4) is 0 Å². The predicted molar refractivity (Wildman–Crippen MR) is 132 cm³/mol. The molecule has 4 rings (SSSR count). The molecule has 33 heavy (non-hydrogen) atoms. The topological polar surface area (TPSA) is 80.2 Å². The Hall–Kier alpha value is -3.10. The highest BCUT2D eigenvalue weighted by molar-refractivity contribution is 7.91. The number of nitrogens with zero attached hydrogens (tertiary/aromatic N) is 3. The first-order valence-electron chi connectivity index (χ1n) is 10.7. The molecule has 0 saturated carbocycles. The fraction of sp³-hybridized carbons (Fsp3) is 0.240. The molecule has 2 aromatic carbocycles. The number of thiazole rings is 1. The monoisotopic (exact) mass is 479 g/mol. The van der Waals surface area contributed by atoms with Gasteiger partial charge in [-0.2, -0.15) is 0 Å². The van der Waals surface area contributed by atoms with Crippen LogP contribution in [-0.2, 0) is 21.2 Å². The summed E-state index contributed by atoms with van der Waals surface area (Å²) >= 11 is 1.47. The van der Waals surface area contributed by atoms with E-state index in [1.807, 2.05) is 38.1 Å². The van der Waals surface area contributed by atoms with Crippen molar-refractivity contribution in [2.45, 2.75) is 38.1 Å². The van der Waals surface area contributed by atoms with Gasteiger partial charge in [-0.05, 0) is 61.7 Å². The fourth-order valence-electron chi connectivity index (χ4n) is 3.69. The molecule has 8 heteroatoms. The van der Waals surface area contributed by atoms with Crippen LogP contribution in [0.3, 0.4) is 0 Å². The Morgan fingerprint density at radius 2 is 1.79 bits per heavy atom. The summed E-state index contributed by atoms with van der Waals surface area (Å²) in [5.41, 5.74) is 3.84. The molecule has 1 amide bonds. The number of pyridine rings is 1. The minimum atomic E-state index is -3.43. The van der Waals surface area contributed by atoms with E-state index in [0.29, 0.717) is 5.13 Å². The lowest BCUT2D eigenvalue weighted by Gasteiger charge is -2.19. The molecule has 0 aliphatic carbocycles. The third-order valence-electron chi connectivity index (χ3n) is 5.29. The lowest BCUT2D eigenvalue weighted by molar-refractivity contribution is -0.118. The van der Waals surface area contributed by atoms with Crippen molar-refractivity contribution in [3.63, 3.8) is 0 Å². The molecule has 0 aliphatic heterocycles. The van der Waals surface area contributed by atoms with Crippen molar-refractivity contribution in [1.29, 1.82) is 0 Å². The van der Waals surface area contributed by atoms with Crippen molar-refractivity contribution in [2.24, 2.45) is 0 Å². The van der Waals surface area contributed by atoms with Gasteiger partial charge in [0.25, 0.3) is 0 Å². The number of hydrogen-bond donors (Lipinski definition) is 0. The Kier molecular flexibility index (Phi) is 6.85. The highest BCUT2D eigenvalue weighted by Crippen LogP contribution is 2.33. The number of benzene rings is 2. The molecular weight excluding hydrogens is 454 g/mol. The zero-order valence-electron chi connectivity index (χ0n) is 18.6. The van der Waals surface area contributed by atoms with E-state index < -0.39 is 9.84 Å². The maximum atomic E-state index is 13.3. The molecule has 2 heterocycles. The standard InChI is InChI=1S/C25H25N3O3S2/c1-18-15-19(2)24-22(16-18)27-25(32-24)28(17-20-9-6-7-13-26-20)23(29)12-8-14-33(30,31)21-10-4-3-5-11-21/h3-7,9-11,13,15-16H,8,12,14,17H2,1-2H3. The van der Waals surface area contributed by atoms with Crippen molar-refractivity contribution >= 4 is 42.4 Å². The van der Waals surface area contributed by atoms with Gasteiger partial charge in [-0.25, -0.2) is 13.4 Å². The Labute approximate surface area is 197 Å². The summed E-state index contributed by atoms with van der Waals surface area (Å²) in [5.74, 6) is -0.254. The molecule has 2 aromatic heterocycles. The highest BCUT2D eigenvalue weighted by atomic mass is 32.2. The summed E-state index contributed by atoms with van der Waals surface area (Å²) < 4.78 is 26.2. The van der Waals surface area contributed by atoms with Crippen molar-refractivity contribution in [2.75, 3.05) is 10.7 Å². The number of anilines is 1. The van der Waals surface area contributed by atoms with Gasteiger partial charge in [-0.1, -0.05) is 41.7 Å². The van der Waals surface area contributed by atoms with Crippen LogP contribution in [0.1, 0.15) is 29.7 Å². The Balaban J connectivity index is 1.56. The first-order chi connectivity index (χ1) is 15.8.